The molecule has 0 unspecified atom stereocenters. The Hall–Kier alpha value is -2.07. The van der Waals surface area contributed by atoms with Crippen molar-refractivity contribution in [2.45, 2.75) is 19.5 Å². The van der Waals surface area contributed by atoms with Crippen LogP contribution in [-0.4, -0.2) is 21.1 Å². The van der Waals surface area contributed by atoms with Crippen molar-refractivity contribution in [1.82, 2.24) is 9.88 Å². The molecule has 0 saturated heterocycles. The van der Waals surface area contributed by atoms with Crippen molar-refractivity contribution >= 4 is 18.5 Å². The maximum atomic E-state index is 11.4. The number of carbonyl (C=O) groups is 1. The molecule has 0 aliphatic heterocycles. The van der Waals surface area contributed by atoms with E-state index in [9.17, 15) is 9.90 Å². The highest BCUT2D eigenvalue weighted by Gasteiger charge is 2.20. The molecule has 2 aromatic rings. The number of hydrogen-bond donors (Lipinski definition) is 1. The molecular formula is C15H17ClN2O2. The second-order valence-electron chi connectivity index (χ2n) is 4.35. The molecule has 1 atom stereocenters. The Balaban J connectivity index is 0.00000200. The van der Waals surface area contributed by atoms with E-state index in [1.165, 1.54) is 4.90 Å². The van der Waals surface area contributed by atoms with Gasteiger partial charge in [0.2, 0.25) is 0 Å². The van der Waals surface area contributed by atoms with Crippen LogP contribution >= 0.6 is 12.4 Å². The van der Waals surface area contributed by atoms with Crippen LogP contribution in [0.4, 0.5) is 4.79 Å². The van der Waals surface area contributed by atoms with Crippen LogP contribution in [-0.2, 0) is 6.54 Å². The lowest BCUT2D eigenvalue weighted by Crippen LogP contribution is -2.31. The van der Waals surface area contributed by atoms with Crippen LogP contribution in [0.2, 0.25) is 0 Å². The Morgan fingerprint density at radius 1 is 1.20 bits per heavy atom. The first-order valence-corrected chi connectivity index (χ1v) is 6.12. The van der Waals surface area contributed by atoms with Crippen molar-refractivity contribution in [2.75, 3.05) is 0 Å². The minimum Gasteiger partial charge on any atom is -0.465 e. The first-order chi connectivity index (χ1) is 9.18. The summed E-state index contributed by atoms with van der Waals surface area (Å²) in [7, 11) is 0. The van der Waals surface area contributed by atoms with E-state index in [0.717, 1.165) is 11.1 Å². The van der Waals surface area contributed by atoms with Crippen LogP contribution in [0, 0.1) is 0 Å². The fraction of sp³-hybridized carbons (Fsp3) is 0.200. The first kappa shape index (κ1) is 16.0. The zero-order chi connectivity index (χ0) is 13.7. The number of amides is 1. The van der Waals surface area contributed by atoms with Crippen molar-refractivity contribution in [3.63, 3.8) is 0 Å². The van der Waals surface area contributed by atoms with E-state index in [1.54, 1.807) is 12.4 Å². The number of nitrogens with zero attached hydrogens (tertiary/aromatic N) is 2. The van der Waals surface area contributed by atoms with Crippen LogP contribution in [0.5, 0.6) is 0 Å². The smallest absolute Gasteiger partial charge is 0.408 e. The van der Waals surface area contributed by atoms with Gasteiger partial charge in [-0.1, -0.05) is 30.3 Å². The topological polar surface area (TPSA) is 53.4 Å². The van der Waals surface area contributed by atoms with E-state index in [0.29, 0.717) is 6.54 Å². The van der Waals surface area contributed by atoms with Gasteiger partial charge in [-0.05, 0) is 30.2 Å². The molecule has 0 radical (unpaired) electrons. The summed E-state index contributed by atoms with van der Waals surface area (Å²) in [6.45, 7) is 2.25. The molecule has 20 heavy (non-hydrogen) atoms. The Morgan fingerprint density at radius 3 is 2.35 bits per heavy atom. The Labute approximate surface area is 124 Å². The minimum absolute atomic E-state index is 0. The molecule has 1 amide bonds. The third-order valence-electron chi connectivity index (χ3n) is 3.10. The molecule has 4 nitrogen and oxygen atoms in total. The predicted molar refractivity (Wildman–Crippen MR) is 79.9 cm³/mol. The standard InChI is InChI=1S/C15H16N2O2.ClH/c1-12(14-5-3-2-4-6-14)17(15(18)19)11-13-7-9-16-10-8-13;/h2-10,12H,11H2,1H3,(H,18,19);1H/t12-;/m0./s1. The molecule has 1 aromatic carbocycles. The molecule has 0 aliphatic rings. The van der Waals surface area contributed by atoms with Crippen molar-refractivity contribution in [3.8, 4) is 0 Å². The van der Waals surface area contributed by atoms with Gasteiger partial charge in [0.05, 0.1) is 6.04 Å². The van der Waals surface area contributed by atoms with Crippen LogP contribution in [0.25, 0.3) is 0 Å². The van der Waals surface area contributed by atoms with Gasteiger partial charge in [0.15, 0.2) is 0 Å². The molecule has 1 heterocycles. The lowest BCUT2D eigenvalue weighted by atomic mass is 10.1. The number of halogens is 1. The van der Waals surface area contributed by atoms with Gasteiger partial charge in [0.25, 0.3) is 0 Å². The highest BCUT2D eigenvalue weighted by Crippen LogP contribution is 2.22. The monoisotopic (exact) mass is 292 g/mol. The summed E-state index contributed by atoms with van der Waals surface area (Å²) in [5, 5.41) is 9.38. The van der Waals surface area contributed by atoms with Gasteiger partial charge in [0.1, 0.15) is 0 Å². The third kappa shape index (κ3) is 3.96. The van der Waals surface area contributed by atoms with Crippen molar-refractivity contribution in [3.05, 3.63) is 66.0 Å². The molecule has 2 rings (SSSR count). The molecule has 1 aromatic heterocycles. The Bertz CT molecular complexity index is 534. The zero-order valence-electron chi connectivity index (χ0n) is 11.1. The number of pyridine rings is 1. The maximum absolute atomic E-state index is 11.4. The lowest BCUT2D eigenvalue weighted by Gasteiger charge is -2.26. The van der Waals surface area contributed by atoms with E-state index >= 15 is 0 Å². The third-order valence-corrected chi connectivity index (χ3v) is 3.10. The molecular weight excluding hydrogens is 276 g/mol. The summed E-state index contributed by atoms with van der Waals surface area (Å²) in [5.74, 6) is 0. The quantitative estimate of drug-likeness (QED) is 0.934. The summed E-state index contributed by atoms with van der Waals surface area (Å²) in [4.78, 5) is 16.8. The number of aromatic nitrogens is 1. The van der Waals surface area contributed by atoms with E-state index in [2.05, 4.69) is 4.98 Å². The van der Waals surface area contributed by atoms with Crippen molar-refractivity contribution < 1.29 is 9.90 Å². The zero-order valence-corrected chi connectivity index (χ0v) is 12.0. The average Bonchev–Trinajstić information content (AvgIpc) is 2.46. The maximum Gasteiger partial charge on any atom is 0.408 e. The number of benzene rings is 1. The SMILES string of the molecule is C[C@@H](c1ccccc1)N(Cc1ccncc1)C(=O)O.Cl. The van der Waals surface area contributed by atoms with E-state index in [-0.39, 0.29) is 18.4 Å². The molecule has 0 saturated carbocycles. The fourth-order valence-electron chi connectivity index (χ4n) is 1.97. The second kappa shape index (κ2) is 7.50. The van der Waals surface area contributed by atoms with Crippen LogP contribution in [0.15, 0.2) is 54.9 Å². The first-order valence-electron chi connectivity index (χ1n) is 6.12. The van der Waals surface area contributed by atoms with E-state index in [4.69, 9.17) is 0 Å². The second-order valence-corrected chi connectivity index (χ2v) is 4.35. The minimum atomic E-state index is -0.923. The fourth-order valence-corrected chi connectivity index (χ4v) is 1.97. The average molecular weight is 293 g/mol. The van der Waals surface area contributed by atoms with E-state index < -0.39 is 6.09 Å². The normalized spacial score (nSPS) is 11.2. The lowest BCUT2D eigenvalue weighted by molar-refractivity contribution is 0.124. The molecule has 5 heteroatoms. The molecule has 106 valence electrons. The van der Waals surface area contributed by atoms with Gasteiger partial charge < -0.3 is 5.11 Å². The molecule has 0 aliphatic carbocycles. The van der Waals surface area contributed by atoms with E-state index in [1.807, 2.05) is 49.4 Å². The Morgan fingerprint density at radius 2 is 1.80 bits per heavy atom. The predicted octanol–water partition coefficient (Wildman–Crippen LogP) is 3.74. The van der Waals surface area contributed by atoms with Crippen molar-refractivity contribution in [1.29, 1.82) is 0 Å². The van der Waals surface area contributed by atoms with Crippen LogP contribution in [0.1, 0.15) is 24.1 Å². The van der Waals surface area contributed by atoms with Gasteiger partial charge in [-0.2, -0.15) is 0 Å². The van der Waals surface area contributed by atoms with Gasteiger partial charge >= 0.3 is 6.09 Å². The van der Waals surface area contributed by atoms with Crippen LogP contribution in [0.3, 0.4) is 0 Å². The Kier molecular flexibility index (Phi) is 6.00. The highest BCUT2D eigenvalue weighted by atomic mass is 35.5. The number of rotatable bonds is 4. The molecule has 1 N–H and O–H groups in total. The largest absolute Gasteiger partial charge is 0.465 e. The van der Waals surface area contributed by atoms with Gasteiger partial charge in [-0.3, -0.25) is 9.88 Å². The number of hydrogen-bond acceptors (Lipinski definition) is 2. The summed E-state index contributed by atoms with van der Waals surface area (Å²) in [6, 6.07) is 13.1. The van der Waals surface area contributed by atoms with Gasteiger partial charge in [0, 0.05) is 18.9 Å². The summed E-state index contributed by atoms with van der Waals surface area (Å²) >= 11 is 0. The van der Waals surface area contributed by atoms with Crippen molar-refractivity contribution in [2.24, 2.45) is 0 Å². The van der Waals surface area contributed by atoms with Crippen LogP contribution < -0.4 is 0 Å². The molecule has 0 bridgehead atoms. The summed E-state index contributed by atoms with van der Waals surface area (Å²) < 4.78 is 0. The summed E-state index contributed by atoms with van der Waals surface area (Å²) in [5.41, 5.74) is 1.92. The van der Waals surface area contributed by atoms with Gasteiger partial charge in [-0.15, -0.1) is 12.4 Å². The highest BCUT2D eigenvalue weighted by molar-refractivity contribution is 5.85. The molecule has 0 spiro atoms. The van der Waals surface area contributed by atoms with Gasteiger partial charge in [-0.25, -0.2) is 4.79 Å². The summed E-state index contributed by atoms with van der Waals surface area (Å²) in [6.07, 6.45) is 2.42. The number of carboxylic acid groups (broad SMARTS) is 1. The molecule has 0 fully saturated rings.